The van der Waals surface area contributed by atoms with Crippen LogP contribution in [-0.2, 0) is 0 Å². The topological polar surface area (TPSA) is 63.5 Å². The first kappa shape index (κ1) is 25.4. The summed E-state index contributed by atoms with van der Waals surface area (Å²) < 4.78 is 8.11. The molecular weight excluding hydrogens is 457 g/mol. The zero-order chi connectivity index (χ0) is 22.0. The van der Waals surface area contributed by atoms with E-state index in [1.165, 1.54) is 11.3 Å². The number of thiazole rings is 1. The van der Waals surface area contributed by atoms with Crippen molar-refractivity contribution >= 4 is 56.6 Å². The first-order chi connectivity index (χ1) is 14.2. The monoisotopic (exact) mass is 485 g/mol. The van der Waals surface area contributed by atoms with E-state index in [1.54, 1.807) is 24.1 Å². The minimum atomic E-state index is -0.162. The summed E-state index contributed by atoms with van der Waals surface area (Å²) in [5.74, 6) is 0.475. The number of ether oxygens (including phenoxy) is 1. The highest BCUT2D eigenvalue weighted by atomic mass is 35.5. The Kier molecular flexibility index (Phi) is 8.71. The van der Waals surface area contributed by atoms with Crippen LogP contribution in [0.5, 0.6) is 5.75 Å². The number of methoxy groups -OCH3 is 1. The van der Waals surface area contributed by atoms with Crippen LogP contribution in [0.1, 0.15) is 42.5 Å². The van der Waals surface area contributed by atoms with Gasteiger partial charge in [-0.1, -0.05) is 22.9 Å². The molecule has 0 saturated heterocycles. The van der Waals surface area contributed by atoms with Gasteiger partial charge < -0.3 is 9.64 Å². The van der Waals surface area contributed by atoms with E-state index in [4.69, 9.17) is 21.3 Å². The maximum Gasteiger partial charge on any atom is 0.280 e. The summed E-state index contributed by atoms with van der Waals surface area (Å²) in [5.41, 5.74) is 2.04. The number of halogens is 2. The van der Waals surface area contributed by atoms with Gasteiger partial charge in [0, 0.05) is 18.3 Å². The minimum absolute atomic E-state index is 0. The highest BCUT2D eigenvalue weighted by Gasteiger charge is 2.25. The second-order valence-corrected chi connectivity index (χ2v) is 9.13. The first-order valence-corrected chi connectivity index (χ1v) is 11.1. The van der Waals surface area contributed by atoms with Crippen LogP contribution in [0, 0.1) is 6.92 Å². The molecule has 3 rings (SSSR count). The highest BCUT2D eigenvalue weighted by Crippen LogP contribution is 2.39. The SMILES string of the molecule is COc1ccc(Cl)c2sc(N(CCCN(C)C)C(=O)c3cc(C)n(C(C)C)n3)nc12.Cl. The second-order valence-electron chi connectivity index (χ2n) is 7.75. The van der Waals surface area contributed by atoms with E-state index in [-0.39, 0.29) is 24.4 Å². The van der Waals surface area contributed by atoms with E-state index in [1.807, 2.05) is 45.6 Å². The Hall–Kier alpha value is -1.87. The molecule has 2 heterocycles. The number of rotatable bonds is 8. The Labute approximate surface area is 198 Å². The number of anilines is 1. The zero-order valence-corrected chi connectivity index (χ0v) is 21.1. The molecule has 170 valence electrons. The van der Waals surface area contributed by atoms with Crippen molar-refractivity contribution in [1.29, 1.82) is 0 Å². The largest absolute Gasteiger partial charge is 0.494 e. The maximum atomic E-state index is 13.5. The Balaban J connectivity index is 0.00000341. The standard InChI is InChI=1S/C21H28ClN5O2S.ClH/c1-13(2)27-14(3)12-16(24-27)20(28)26(11-7-10-25(4)5)21-23-18-17(29-6)9-8-15(22)19(18)30-21;/h8-9,12-13H,7,10-11H2,1-6H3;1H. The van der Waals surface area contributed by atoms with Gasteiger partial charge in [0.15, 0.2) is 10.8 Å². The van der Waals surface area contributed by atoms with Gasteiger partial charge in [0.25, 0.3) is 5.91 Å². The van der Waals surface area contributed by atoms with Crippen molar-refractivity contribution < 1.29 is 9.53 Å². The predicted molar refractivity (Wildman–Crippen MR) is 131 cm³/mol. The lowest BCUT2D eigenvalue weighted by Gasteiger charge is -2.20. The molecular formula is C21H29Cl2N5O2S. The number of carbonyl (C=O) groups is 1. The Morgan fingerprint density at radius 3 is 2.58 bits per heavy atom. The van der Waals surface area contributed by atoms with Crippen molar-refractivity contribution in [1.82, 2.24) is 19.7 Å². The molecule has 1 aromatic carbocycles. The van der Waals surface area contributed by atoms with Crippen molar-refractivity contribution in [3.8, 4) is 5.75 Å². The quantitative estimate of drug-likeness (QED) is 0.445. The van der Waals surface area contributed by atoms with E-state index < -0.39 is 0 Å². The molecule has 0 aliphatic heterocycles. The van der Waals surface area contributed by atoms with Gasteiger partial charge in [-0.2, -0.15) is 5.10 Å². The molecule has 10 heteroatoms. The molecule has 0 spiro atoms. The molecule has 0 radical (unpaired) electrons. The van der Waals surface area contributed by atoms with Gasteiger partial charge >= 0.3 is 0 Å². The van der Waals surface area contributed by atoms with Crippen molar-refractivity contribution in [2.45, 2.75) is 33.2 Å². The number of aromatic nitrogens is 3. The Morgan fingerprint density at radius 2 is 2.00 bits per heavy atom. The lowest BCUT2D eigenvalue weighted by Crippen LogP contribution is -2.33. The molecule has 0 saturated carbocycles. The van der Waals surface area contributed by atoms with E-state index in [0.717, 1.165) is 23.4 Å². The van der Waals surface area contributed by atoms with Gasteiger partial charge in [0.1, 0.15) is 11.3 Å². The van der Waals surface area contributed by atoms with Gasteiger partial charge in [-0.05, 0) is 66.0 Å². The van der Waals surface area contributed by atoms with Crippen molar-refractivity contribution in [2.24, 2.45) is 0 Å². The summed E-state index contributed by atoms with van der Waals surface area (Å²) in [6, 6.07) is 5.60. The second kappa shape index (κ2) is 10.6. The molecule has 31 heavy (non-hydrogen) atoms. The summed E-state index contributed by atoms with van der Waals surface area (Å²) in [5, 5.41) is 5.73. The molecule has 0 atom stereocenters. The van der Waals surface area contributed by atoms with E-state index in [2.05, 4.69) is 10.00 Å². The van der Waals surface area contributed by atoms with Gasteiger partial charge in [0.05, 0.1) is 16.8 Å². The van der Waals surface area contributed by atoms with Gasteiger partial charge in [-0.15, -0.1) is 12.4 Å². The number of fused-ring (bicyclic) bond motifs is 1. The first-order valence-electron chi connectivity index (χ1n) is 9.88. The Morgan fingerprint density at radius 1 is 1.29 bits per heavy atom. The molecule has 0 N–H and O–H groups in total. The molecule has 7 nitrogen and oxygen atoms in total. The fourth-order valence-corrected chi connectivity index (χ4v) is 4.58. The lowest BCUT2D eigenvalue weighted by molar-refractivity contribution is 0.0980. The summed E-state index contributed by atoms with van der Waals surface area (Å²) >= 11 is 7.79. The van der Waals surface area contributed by atoms with Gasteiger partial charge in [0.2, 0.25) is 0 Å². The van der Waals surface area contributed by atoms with Crippen LogP contribution in [0.25, 0.3) is 10.2 Å². The third-order valence-corrected chi connectivity index (χ3v) is 6.30. The predicted octanol–water partition coefficient (Wildman–Crippen LogP) is 5.06. The number of amides is 1. The summed E-state index contributed by atoms with van der Waals surface area (Å²) in [6.45, 7) is 7.45. The third kappa shape index (κ3) is 5.49. The maximum absolute atomic E-state index is 13.5. The summed E-state index contributed by atoms with van der Waals surface area (Å²) in [7, 11) is 5.63. The van der Waals surface area contributed by atoms with Crippen LogP contribution in [0.3, 0.4) is 0 Å². The van der Waals surface area contributed by atoms with Crippen molar-refractivity contribution in [3.05, 3.63) is 34.6 Å². The van der Waals surface area contributed by atoms with Crippen LogP contribution < -0.4 is 9.64 Å². The number of aryl methyl sites for hydroxylation is 1. The number of hydrogen-bond acceptors (Lipinski definition) is 6. The molecule has 3 aromatic rings. The van der Waals surface area contributed by atoms with Crippen LogP contribution >= 0.6 is 35.3 Å². The van der Waals surface area contributed by atoms with Crippen molar-refractivity contribution in [2.75, 3.05) is 39.2 Å². The fourth-order valence-electron chi connectivity index (χ4n) is 3.30. The summed E-state index contributed by atoms with van der Waals surface area (Å²) in [4.78, 5) is 22.0. The Bertz CT molecular complexity index is 1050. The van der Waals surface area contributed by atoms with E-state index >= 15 is 0 Å². The number of hydrogen-bond donors (Lipinski definition) is 0. The average Bonchev–Trinajstić information content (AvgIpc) is 3.29. The smallest absolute Gasteiger partial charge is 0.280 e. The summed E-state index contributed by atoms with van der Waals surface area (Å²) in [6.07, 6.45) is 0.809. The molecule has 2 aromatic heterocycles. The molecule has 0 unspecified atom stereocenters. The van der Waals surface area contributed by atoms with E-state index in [0.29, 0.717) is 33.7 Å². The van der Waals surface area contributed by atoms with E-state index in [9.17, 15) is 4.79 Å². The van der Waals surface area contributed by atoms with Crippen molar-refractivity contribution in [3.63, 3.8) is 0 Å². The molecule has 0 aliphatic rings. The molecule has 0 bridgehead atoms. The molecule has 0 aliphatic carbocycles. The van der Waals surface area contributed by atoms with Crippen LogP contribution in [0.4, 0.5) is 5.13 Å². The lowest BCUT2D eigenvalue weighted by atomic mass is 10.3. The third-order valence-electron chi connectivity index (χ3n) is 4.76. The van der Waals surface area contributed by atoms with Crippen LogP contribution in [0.15, 0.2) is 18.2 Å². The average molecular weight is 486 g/mol. The highest BCUT2D eigenvalue weighted by molar-refractivity contribution is 7.23. The van der Waals surface area contributed by atoms with Crippen LogP contribution in [-0.4, -0.2) is 59.9 Å². The van der Waals surface area contributed by atoms with Gasteiger partial charge in [-0.3, -0.25) is 14.4 Å². The number of benzene rings is 1. The molecule has 0 fully saturated rings. The zero-order valence-electron chi connectivity index (χ0n) is 18.7. The minimum Gasteiger partial charge on any atom is -0.494 e. The van der Waals surface area contributed by atoms with Gasteiger partial charge in [-0.25, -0.2) is 4.98 Å². The van der Waals surface area contributed by atoms with Crippen LogP contribution in [0.2, 0.25) is 5.02 Å². The fraction of sp³-hybridized carbons (Fsp3) is 0.476. The number of nitrogens with zero attached hydrogens (tertiary/aromatic N) is 5. The normalized spacial score (nSPS) is 11.3. The molecule has 1 amide bonds. The number of carbonyl (C=O) groups excluding carboxylic acids is 1.